The molecule has 0 fully saturated rings. The van der Waals surface area contributed by atoms with E-state index in [0.29, 0.717) is 5.02 Å². The molecule has 1 atom stereocenters. The van der Waals surface area contributed by atoms with E-state index < -0.39 is 23.7 Å². The summed E-state index contributed by atoms with van der Waals surface area (Å²) in [4.78, 5) is 25.9. The molecule has 0 saturated carbocycles. The van der Waals surface area contributed by atoms with E-state index in [0.717, 1.165) is 11.3 Å². The molecule has 134 valence electrons. The molecule has 0 heterocycles. The maximum atomic E-state index is 12.0. The fraction of sp³-hybridized carbons (Fsp3) is 0.529. The standard InChI is InChI=1S/C17H25ClN2O4/c1-17(2,3)24-16(22)19-13(15(21)23-6)10-11-9-12(18)7-8-14(11)20(4)5/h7-9,13H,10H2,1-6H3,(H,19,22)/t13-/m0/s1. The summed E-state index contributed by atoms with van der Waals surface area (Å²) >= 11 is 6.06. The number of anilines is 1. The zero-order chi connectivity index (χ0) is 18.5. The first kappa shape index (κ1) is 20.1. The second-order valence-corrected chi connectivity index (χ2v) is 7.03. The Morgan fingerprint density at radius 1 is 1.29 bits per heavy atom. The van der Waals surface area contributed by atoms with Crippen LogP contribution in [-0.2, 0) is 20.7 Å². The SMILES string of the molecule is COC(=O)[C@H](Cc1cc(Cl)ccc1N(C)C)NC(=O)OC(C)(C)C. The third-order valence-corrected chi connectivity index (χ3v) is 3.36. The number of benzene rings is 1. The Bertz CT molecular complexity index is 597. The van der Waals surface area contributed by atoms with Crippen LogP contribution >= 0.6 is 11.6 Å². The number of hydrogen-bond donors (Lipinski definition) is 1. The second kappa shape index (κ2) is 8.24. The molecule has 0 spiro atoms. The van der Waals surface area contributed by atoms with Crippen molar-refractivity contribution in [1.82, 2.24) is 5.32 Å². The Morgan fingerprint density at radius 3 is 2.42 bits per heavy atom. The van der Waals surface area contributed by atoms with E-state index in [-0.39, 0.29) is 6.42 Å². The molecule has 0 unspecified atom stereocenters. The van der Waals surface area contributed by atoms with Crippen molar-refractivity contribution < 1.29 is 19.1 Å². The highest BCUT2D eigenvalue weighted by molar-refractivity contribution is 6.30. The summed E-state index contributed by atoms with van der Waals surface area (Å²) in [6, 6.07) is 4.53. The number of alkyl carbamates (subject to hydrolysis) is 1. The van der Waals surface area contributed by atoms with E-state index in [1.165, 1.54) is 7.11 Å². The lowest BCUT2D eigenvalue weighted by molar-refractivity contribution is -0.143. The summed E-state index contributed by atoms with van der Waals surface area (Å²) in [7, 11) is 5.05. The number of hydrogen-bond acceptors (Lipinski definition) is 5. The predicted molar refractivity (Wildman–Crippen MR) is 94.7 cm³/mol. The van der Waals surface area contributed by atoms with Gasteiger partial charge in [-0.1, -0.05) is 11.6 Å². The Labute approximate surface area is 148 Å². The normalized spacial score (nSPS) is 12.3. The van der Waals surface area contributed by atoms with Crippen LogP contribution in [0.4, 0.5) is 10.5 Å². The van der Waals surface area contributed by atoms with Gasteiger partial charge in [-0.05, 0) is 44.5 Å². The number of methoxy groups -OCH3 is 1. The van der Waals surface area contributed by atoms with E-state index in [4.69, 9.17) is 21.1 Å². The maximum absolute atomic E-state index is 12.0. The van der Waals surface area contributed by atoms with E-state index in [1.807, 2.05) is 25.1 Å². The number of rotatable bonds is 5. The number of amides is 1. The van der Waals surface area contributed by atoms with Crippen molar-refractivity contribution in [3.05, 3.63) is 28.8 Å². The highest BCUT2D eigenvalue weighted by Crippen LogP contribution is 2.24. The topological polar surface area (TPSA) is 67.9 Å². The lowest BCUT2D eigenvalue weighted by Crippen LogP contribution is -2.45. The minimum absolute atomic E-state index is 0.236. The molecule has 0 saturated heterocycles. The Morgan fingerprint density at radius 2 is 1.92 bits per heavy atom. The van der Waals surface area contributed by atoms with Gasteiger partial charge < -0.3 is 19.7 Å². The van der Waals surface area contributed by atoms with E-state index in [9.17, 15) is 9.59 Å². The molecular formula is C17H25ClN2O4. The van der Waals surface area contributed by atoms with Crippen LogP contribution in [0, 0.1) is 0 Å². The summed E-state index contributed by atoms with van der Waals surface area (Å²) in [5.74, 6) is -0.550. The minimum Gasteiger partial charge on any atom is -0.467 e. The summed E-state index contributed by atoms with van der Waals surface area (Å²) < 4.78 is 10.00. The van der Waals surface area contributed by atoms with E-state index in [2.05, 4.69) is 5.32 Å². The van der Waals surface area contributed by atoms with Crippen molar-refractivity contribution in [1.29, 1.82) is 0 Å². The molecule has 1 N–H and O–H groups in total. The van der Waals surface area contributed by atoms with Crippen molar-refractivity contribution in [2.45, 2.75) is 38.8 Å². The largest absolute Gasteiger partial charge is 0.467 e. The lowest BCUT2D eigenvalue weighted by atomic mass is 10.0. The van der Waals surface area contributed by atoms with Crippen LogP contribution in [-0.4, -0.2) is 44.9 Å². The third-order valence-electron chi connectivity index (χ3n) is 3.12. The summed E-state index contributed by atoms with van der Waals surface area (Å²) in [5, 5.41) is 3.11. The van der Waals surface area contributed by atoms with Gasteiger partial charge in [0.15, 0.2) is 0 Å². The van der Waals surface area contributed by atoms with Crippen LogP contribution < -0.4 is 10.2 Å². The lowest BCUT2D eigenvalue weighted by Gasteiger charge is -2.24. The van der Waals surface area contributed by atoms with Gasteiger partial charge in [-0.25, -0.2) is 9.59 Å². The molecule has 1 aromatic carbocycles. The third kappa shape index (κ3) is 6.28. The molecule has 24 heavy (non-hydrogen) atoms. The van der Waals surface area contributed by atoms with Gasteiger partial charge in [0.1, 0.15) is 11.6 Å². The van der Waals surface area contributed by atoms with Gasteiger partial charge in [0.05, 0.1) is 7.11 Å². The molecule has 7 heteroatoms. The highest BCUT2D eigenvalue weighted by Gasteiger charge is 2.26. The number of carbonyl (C=O) groups is 2. The van der Waals surface area contributed by atoms with Crippen LogP contribution in [0.5, 0.6) is 0 Å². The molecule has 1 rings (SSSR count). The molecule has 0 aliphatic heterocycles. The van der Waals surface area contributed by atoms with E-state index in [1.54, 1.807) is 32.9 Å². The first-order valence-electron chi connectivity index (χ1n) is 7.56. The van der Waals surface area contributed by atoms with Gasteiger partial charge in [0, 0.05) is 31.2 Å². The Balaban J connectivity index is 3.01. The second-order valence-electron chi connectivity index (χ2n) is 6.59. The Hall–Kier alpha value is -1.95. The van der Waals surface area contributed by atoms with Gasteiger partial charge in [0.25, 0.3) is 0 Å². The quantitative estimate of drug-likeness (QED) is 0.821. The van der Waals surface area contributed by atoms with Gasteiger partial charge >= 0.3 is 12.1 Å². The van der Waals surface area contributed by atoms with Crippen LogP contribution in [0.25, 0.3) is 0 Å². The molecule has 1 aromatic rings. The average Bonchev–Trinajstić information content (AvgIpc) is 2.43. The molecule has 1 amide bonds. The molecular weight excluding hydrogens is 332 g/mol. The highest BCUT2D eigenvalue weighted by atomic mass is 35.5. The van der Waals surface area contributed by atoms with Gasteiger partial charge in [-0.2, -0.15) is 0 Å². The molecule has 0 aliphatic rings. The van der Waals surface area contributed by atoms with Crippen LogP contribution in [0.1, 0.15) is 26.3 Å². The maximum Gasteiger partial charge on any atom is 0.408 e. The zero-order valence-electron chi connectivity index (χ0n) is 15.0. The van der Waals surface area contributed by atoms with E-state index >= 15 is 0 Å². The number of carbonyl (C=O) groups excluding carboxylic acids is 2. The smallest absolute Gasteiger partial charge is 0.408 e. The number of esters is 1. The number of ether oxygens (including phenoxy) is 2. The van der Waals surface area contributed by atoms with Crippen LogP contribution in [0.3, 0.4) is 0 Å². The van der Waals surface area contributed by atoms with Crippen molar-refractivity contribution in [3.8, 4) is 0 Å². The fourth-order valence-corrected chi connectivity index (χ4v) is 2.35. The van der Waals surface area contributed by atoms with Crippen molar-refractivity contribution >= 4 is 29.4 Å². The summed E-state index contributed by atoms with van der Waals surface area (Å²) in [6.07, 6.45) is -0.439. The minimum atomic E-state index is -0.873. The first-order valence-corrected chi connectivity index (χ1v) is 7.94. The van der Waals surface area contributed by atoms with Crippen molar-refractivity contribution in [3.63, 3.8) is 0 Å². The molecule has 0 aromatic heterocycles. The summed E-state index contributed by atoms with van der Waals surface area (Å²) in [5.41, 5.74) is 1.06. The monoisotopic (exact) mass is 356 g/mol. The van der Waals surface area contributed by atoms with Crippen molar-refractivity contribution in [2.75, 3.05) is 26.1 Å². The van der Waals surface area contributed by atoms with Gasteiger partial charge in [0.2, 0.25) is 0 Å². The van der Waals surface area contributed by atoms with Gasteiger partial charge in [-0.15, -0.1) is 0 Å². The van der Waals surface area contributed by atoms with Crippen molar-refractivity contribution in [2.24, 2.45) is 0 Å². The fourth-order valence-electron chi connectivity index (χ4n) is 2.16. The zero-order valence-corrected chi connectivity index (χ0v) is 15.7. The number of halogens is 1. The van der Waals surface area contributed by atoms with Crippen LogP contribution in [0.2, 0.25) is 5.02 Å². The molecule has 0 aliphatic carbocycles. The van der Waals surface area contributed by atoms with Gasteiger partial charge in [-0.3, -0.25) is 0 Å². The Kier molecular flexibility index (Phi) is 6.90. The molecule has 0 bridgehead atoms. The first-order chi connectivity index (χ1) is 11.0. The molecule has 6 nitrogen and oxygen atoms in total. The molecule has 0 radical (unpaired) electrons. The summed E-state index contributed by atoms with van der Waals surface area (Å²) in [6.45, 7) is 5.25. The average molecular weight is 357 g/mol. The predicted octanol–water partition coefficient (Wildman–Crippen LogP) is 3.01. The van der Waals surface area contributed by atoms with Crippen LogP contribution in [0.15, 0.2) is 18.2 Å². The number of nitrogens with one attached hydrogen (secondary N) is 1. The number of nitrogens with zero attached hydrogens (tertiary/aromatic N) is 1.